The van der Waals surface area contributed by atoms with Crippen molar-refractivity contribution in [3.63, 3.8) is 0 Å². The summed E-state index contributed by atoms with van der Waals surface area (Å²) in [5.74, 6) is -0.202. The molecule has 0 bridgehead atoms. The second-order valence-electron chi connectivity index (χ2n) is 6.07. The summed E-state index contributed by atoms with van der Waals surface area (Å²) in [6, 6.07) is 11.2. The smallest absolute Gasteiger partial charge is 0.270 e. The number of benzene rings is 2. The molecule has 0 saturated carbocycles. The van der Waals surface area contributed by atoms with Crippen LogP contribution in [-0.4, -0.2) is 20.4 Å². The van der Waals surface area contributed by atoms with Crippen molar-refractivity contribution in [2.24, 2.45) is 7.05 Å². The molecule has 0 spiro atoms. The highest BCUT2D eigenvalue weighted by molar-refractivity contribution is 5.92. The van der Waals surface area contributed by atoms with Crippen LogP contribution in [0.1, 0.15) is 23.0 Å². The largest absolute Gasteiger partial charge is 0.339 e. The molecular formula is C20H17FN4O3. The average molecular weight is 380 g/mol. The Morgan fingerprint density at radius 2 is 2.04 bits per heavy atom. The summed E-state index contributed by atoms with van der Waals surface area (Å²) in [5.41, 5.74) is 1.15. The fourth-order valence-corrected chi connectivity index (χ4v) is 2.71. The Labute approximate surface area is 160 Å². The lowest BCUT2D eigenvalue weighted by molar-refractivity contribution is -0.384. The van der Waals surface area contributed by atoms with Gasteiger partial charge >= 0.3 is 0 Å². The van der Waals surface area contributed by atoms with Gasteiger partial charge in [0.25, 0.3) is 5.69 Å². The summed E-state index contributed by atoms with van der Waals surface area (Å²) in [6.07, 6.45) is 6.13. The first-order chi connectivity index (χ1) is 13.4. The van der Waals surface area contributed by atoms with E-state index in [-0.39, 0.29) is 11.5 Å². The average Bonchev–Trinajstić information content (AvgIpc) is 3.11. The van der Waals surface area contributed by atoms with Gasteiger partial charge in [0.1, 0.15) is 17.7 Å². The van der Waals surface area contributed by atoms with E-state index in [9.17, 15) is 19.3 Å². The molecule has 0 fully saturated rings. The fourth-order valence-electron chi connectivity index (χ4n) is 2.71. The number of amides is 1. The number of nitrogens with zero attached hydrogens (tertiary/aromatic N) is 3. The third-order valence-corrected chi connectivity index (χ3v) is 4.11. The van der Waals surface area contributed by atoms with Crippen molar-refractivity contribution < 1.29 is 14.1 Å². The van der Waals surface area contributed by atoms with Gasteiger partial charge in [-0.3, -0.25) is 14.9 Å². The van der Waals surface area contributed by atoms with Crippen molar-refractivity contribution in [2.45, 2.75) is 6.04 Å². The molecule has 142 valence electrons. The summed E-state index contributed by atoms with van der Waals surface area (Å²) in [7, 11) is 1.80. The predicted octanol–water partition coefficient (Wildman–Crippen LogP) is 3.39. The first-order valence-electron chi connectivity index (χ1n) is 8.40. The minimum absolute atomic E-state index is 0.0558. The van der Waals surface area contributed by atoms with E-state index < -0.39 is 16.9 Å². The van der Waals surface area contributed by atoms with Crippen molar-refractivity contribution in [1.29, 1.82) is 0 Å². The van der Waals surface area contributed by atoms with Gasteiger partial charge in [-0.1, -0.05) is 24.3 Å². The van der Waals surface area contributed by atoms with E-state index in [2.05, 4.69) is 10.3 Å². The lowest BCUT2D eigenvalue weighted by Gasteiger charge is -2.18. The normalized spacial score (nSPS) is 12.1. The Hall–Kier alpha value is -3.81. The van der Waals surface area contributed by atoms with Crippen LogP contribution in [-0.2, 0) is 11.8 Å². The van der Waals surface area contributed by atoms with Gasteiger partial charge in [0, 0.05) is 37.7 Å². The third-order valence-electron chi connectivity index (χ3n) is 4.11. The van der Waals surface area contributed by atoms with Gasteiger partial charge in [-0.25, -0.2) is 9.37 Å². The van der Waals surface area contributed by atoms with Crippen LogP contribution in [0, 0.1) is 15.9 Å². The monoisotopic (exact) mass is 380 g/mol. The molecule has 2 aromatic carbocycles. The molecule has 1 heterocycles. The molecule has 8 heteroatoms. The van der Waals surface area contributed by atoms with Gasteiger partial charge in [-0.05, 0) is 29.3 Å². The maximum absolute atomic E-state index is 13.3. The quantitative estimate of drug-likeness (QED) is 0.403. The zero-order valence-corrected chi connectivity index (χ0v) is 14.9. The van der Waals surface area contributed by atoms with Crippen molar-refractivity contribution in [1.82, 2.24) is 14.9 Å². The zero-order chi connectivity index (χ0) is 20.1. The molecule has 1 aromatic heterocycles. The van der Waals surface area contributed by atoms with Crippen LogP contribution in [0.15, 0.2) is 67.0 Å². The molecule has 0 radical (unpaired) electrons. The molecule has 0 saturated heterocycles. The summed E-state index contributed by atoms with van der Waals surface area (Å²) >= 11 is 0. The lowest BCUT2D eigenvalue weighted by atomic mass is 10.1. The molecule has 3 aromatic rings. The van der Waals surface area contributed by atoms with Crippen LogP contribution in [0.3, 0.4) is 0 Å². The summed E-state index contributed by atoms with van der Waals surface area (Å²) in [5, 5.41) is 13.7. The van der Waals surface area contributed by atoms with Crippen molar-refractivity contribution in [3.8, 4) is 0 Å². The number of aromatic nitrogens is 2. The molecule has 1 atom stereocenters. The molecule has 7 nitrogen and oxygen atoms in total. The second-order valence-corrected chi connectivity index (χ2v) is 6.07. The number of hydrogen-bond donors (Lipinski definition) is 1. The molecule has 1 amide bonds. The molecular weight excluding hydrogens is 363 g/mol. The number of nitrogens with one attached hydrogen (secondary N) is 1. The summed E-state index contributed by atoms with van der Waals surface area (Å²) in [6.45, 7) is 0. The minimum Gasteiger partial charge on any atom is -0.339 e. The molecule has 0 aliphatic rings. The Kier molecular flexibility index (Phi) is 5.59. The van der Waals surface area contributed by atoms with Gasteiger partial charge < -0.3 is 9.88 Å². The first kappa shape index (κ1) is 19.0. The zero-order valence-electron chi connectivity index (χ0n) is 14.9. The highest BCUT2D eigenvalue weighted by Gasteiger charge is 2.20. The lowest BCUT2D eigenvalue weighted by Crippen LogP contribution is -2.29. The van der Waals surface area contributed by atoms with Crippen molar-refractivity contribution >= 4 is 17.7 Å². The predicted molar refractivity (Wildman–Crippen MR) is 102 cm³/mol. The van der Waals surface area contributed by atoms with Crippen molar-refractivity contribution in [2.75, 3.05) is 0 Å². The Morgan fingerprint density at radius 3 is 2.68 bits per heavy atom. The number of nitro benzene ring substituents is 1. The number of nitro groups is 1. The summed E-state index contributed by atoms with van der Waals surface area (Å²) < 4.78 is 15.0. The number of non-ortho nitro benzene ring substituents is 1. The number of halogens is 1. The van der Waals surface area contributed by atoms with E-state index in [1.165, 1.54) is 36.4 Å². The van der Waals surface area contributed by atoms with Gasteiger partial charge in [0.2, 0.25) is 5.91 Å². The number of carbonyl (C=O) groups excluding carboxylic acids is 1. The van der Waals surface area contributed by atoms with Crippen LogP contribution in [0.25, 0.3) is 6.08 Å². The molecule has 1 unspecified atom stereocenters. The van der Waals surface area contributed by atoms with E-state index in [1.54, 1.807) is 48.3 Å². The molecule has 1 N–H and O–H groups in total. The minimum atomic E-state index is -0.581. The maximum atomic E-state index is 13.3. The van der Waals surface area contributed by atoms with Gasteiger partial charge in [-0.15, -0.1) is 0 Å². The molecule has 0 aliphatic carbocycles. The molecule has 0 aliphatic heterocycles. The van der Waals surface area contributed by atoms with Gasteiger partial charge in [0.05, 0.1) is 4.92 Å². The van der Waals surface area contributed by atoms with Crippen LogP contribution in [0.5, 0.6) is 0 Å². The van der Waals surface area contributed by atoms with E-state index in [0.717, 1.165) is 0 Å². The second kappa shape index (κ2) is 8.26. The highest BCUT2D eigenvalue weighted by Crippen LogP contribution is 2.21. The molecule has 28 heavy (non-hydrogen) atoms. The van der Waals surface area contributed by atoms with Crippen molar-refractivity contribution in [3.05, 3.63) is 99.9 Å². The Bertz CT molecular complexity index is 1030. The van der Waals surface area contributed by atoms with E-state index in [1.807, 2.05) is 0 Å². The number of hydrogen-bond acceptors (Lipinski definition) is 4. The van der Waals surface area contributed by atoms with Gasteiger partial charge in [0.15, 0.2) is 0 Å². The number of rotatable bonds is 6. The molecule has 3 rings (SSSR count). The number of imidazole rings is 1. The highest BCUT2D eigenvalue weighted by atomic mass is 19.1. The SMILES string of the molecule is Cn1ccnc1C(NC(=O)/C=C/c1cccc([N+](=O)[O-])c1)c1ccc(F)cc1. The summed E-state index contributed by atoms with van der Waals surface area (Å²) in [4.78, 5) is 27.1. The third kappa shape index (κ3) is 4.47. The topological polar surface area (TPSA) is 90.1 Å². The van der Waals surface area contributed by atoms with E-state index in [0.29, 0.717) is 17.0 Å². The van der Waals surface area contributed by atoms with Crippen LogP contribution >= 0.6 is 0 Å². The van der Waals surface area contributed by atoms with E-state index in [4.69, 9.17) is 0 Å². The van der Waals surface area contributed by atoms with Crippen LogP contribution in [0.2, 0.25) is 0 Å². The van der Waals surface area contributed by atoms with E-state index >= 15 is 0 Å². The number of carbonyl (C=O) groups is 1. The first-order valence-corrected chi connectivity index (χ1v) is 8.40. The fraction of sp³-hybridized carbons (Fsp3) is 0.100. The maximum Gasteiger partial charge on any atom is 0.270 e. The van der Waals surface area contributed by atoms with Gasteiger partial charge in [-0.2, -0.15) is 0 Å². The Balaban J connectivity index is 1.82. The Morgan fingerprint density at radius 1 is 1.29 bits per heavy atom. The van der Waals surface area contributed by atoms with Crippen LogP contribution < -0.4 is 5.32 Å². The number of aryl methyl sites for hydroxylation is 1. The standard InChI is InChI=1S/C20H17FN4O3/c1-24-12-11-22-20(24)19(15-6-8-16(21)9-7-15)23-18(26)10-5-14-3-2-4-17(13-14)25(27)28/h2-13,19H,1H3,(H,23,26)/b10-5+. The van der Waals surface area contributed by atoms with Crippen LogP contribution in [0.4, 0.5) is 10.1 Å².